The second kappa shape index (κ2) is 5.14. The van der Waals surface area contributed by atoms with E-state index in [0.29, 0.717) is 0 Å². The Balaban J connectivity index is 2.72. The van der Waals surface area contributed by atoms with Crippen LogP contribution < -0.4 is 0 Å². The highest BCUT2D eigenvalue weighted by Crippen LogP contribution is 2.06. The highest BCUT2D eigenvalue weighted by molar-refractivity contribution is 4.47. The normalized spacial score (nSPS) is 10.5. The van der Waals surface area contributed by atoms with E-state index in [1.807, 2.05) is 0 Å². The molecule has 0 fully saturated rings. The van der Waals surface area contributed by atoms with Crippen LogP contribution in [-0.2, 0) is 0 Å². The zero-order valence-electron chi connectivity index (χ0n) is 6.11. The zero-order chi connectivity index (χ0) is 6.41. The molecule has 0 N–H and O–H groups in total. The van der Waals surface area contributed by atoms with Gasteiger partial charge in [-0.2, -0.15) is 0 Å². The van der Waals surface area contributed by atoms with Crippen LogP contribution in [0.4, 0.5) is 0 Å². The quantitative estimate of drug-likeness (QED) is 0.491. The molecule has 0 spiro atoms. The van der Waals surface area contributed by atoms with Crippen LogP contribution in [0.1, 0.15) is 39.5 Å². The fourth-order valence-electron chi connectivity index (χ4n) is 0.729. The van der Waals surface area contributed by atoms with Gasteiger partial charge in [0.1, 0.15) is 0 Å². The van der Waals surface area contributed by atoms with Crippen LogP contribution in [-0.4, -0.2) is 0 Å². The smallest absolute Gasteiger partial charge is 0.0471 e. The van der Waals surface area contributed by atoms with Crippen molar-refractivity contribution in [2.24, 2.45) is 5.92 Å². The minimum atomic E-state index is 0.876. The van der Waals surface area contributed by atoms with Crippen LogP contribution in [0.2, 0.25) is 0 Å². The second-order valence-corrected chi connectivity index (χ2v) is 2.74. The summed E-state index contributed by atoms with van der Waals surface area (Å²) in [5.74, 6) is 0.876. The van der Waals surface area contributed by atoms with Crippen molar-refractivity contribution in [1.29, 1.82) is 0 Å². The Bertz CT molecular complexity index is 37.3. The molecular weight excluding hydrogens is 96.1 g/mol. The third kappa shape index (κ3) is 6.00. The molecule has 0 aromatic carbocycles. The Labute approximate surface area is 53.3 Å². The lowest BCUT2D eigenvalue weighted by molar-refractivity contribution is 0.540. The molecule has 1 radical (unpaired) electrons. The van der Waals surface area contributed by atoms with Gasteiger partial charge in [0, 0.05) is 0 Å². The molecule has 0 saturated heterocycles. The SMILES string of the molecule is [CH2]CCCCC(C)C. The zero-order valence-corrected chi connectivity index (χ0v) is 6.11. The molecule has 0 amide bonds. The van der Waals surface area contributed by atoms with Gasteiger partial charge in [-0.25, -0.2) is 0 Å². The summed E-state index contributed by atoms with van der Waals surface area (Å²) in [5, 5.41) is 0. The Morgan fingerprint density at radius 3 is 2.25 bits per heavy atom. The number of rotatable bonds is 4. The summed E-state index contributed by atoms with van der Waals surface area (Å²) < 4.78 is 0. The maximum absolute atomic E-state index is 3.78. The molecule has 0 heterocycles. The van der Waals surface area contributed by atoms with Crippen molar-refractivity contribution in [3.63, 3.8) is 0 Å². The molecule has 0 heteroatoms. The Morgan fingerprint density at radius 2 is 1.88 bits per heavy atom. The lowest BCUT2D eigenvalue weighted by Crippen LogP contribution is -1.85. The summed E-state index contributed by atoms with van der Waals surface area (Å²) in [6.07, 6.45) is 5.14. The molecular formula is C8H17. The topological polar surface area (TPSA) is 0 Å². The minimum Gasteiger partial charge on any atom is -0.0628 e. The van der Waals surface area contributed by atoms with Gasteiger partial charge in [0.15, 0.2) is 0 Å². The van der Waals surface area contributed by atoms with Crippen molar-refractivity contribution in [3.05, 3.63) is 6.92 Å². The average Bonchev–Trinajstić information content (AvgIpc) is 1.66. The molecule has 0 saturated carbocycles. The lowest BCUT2D eigenvalue weighted by atomic mass is 10.1. The molecule has 0 aromatic rings. The molecule has 8 heavy (non-hydrogen) atoms. The van der Waals surface area contributed by atoms with Crippen LogP contribution in [0.15, 0.2) is 0 Å². The summed E-state index contributed by atoms with van der Waals surface area (Å²) in [7, 11) is 0. The van der Waals surface area contributed by atoms with E-state index in [0.717, 1.165) is 12.3 Å². The van der Waals surface area contributed by atoms with Gasteiger partial charge < -0.3 is 0 Å². The van der Waals surface area contributed by atoms with E-state index < -0.39 is 0 Å². The molecule has 0 rings (SSSR count). The molecule has 0 aliphatic heterocycles. The van der Waals surface area contributed by atoms with Crippen molar-refractivity contribution in [2.75, 3.05) is 0 Å². The van der Waals surface area contributed by atoms with Crippen LogP contribution in [0.5, 0.6) is 0 Å². The Hall–Kier alpha value is 0. The van der Waals surface area contributed by atoms with Gasteiger partial charge in [-0.05, 0) is 5.92 Å². The predicted octanol–water partition coefficient (Wildman–Crippen LogP) is 3.04. The van der Waals surface area contributed by atoms with Crippen LogP contribution >= 0.6 is 0 Å². The monoisotopic (exact) mass is 113 g/mol. The van der Waals surface area contributed by atoms with E-state index in [1.165, 1.54) is 19.3 Å². The highest BCUT2D eigenvalue weighted by Gasteiger charge is 1.90. The van der Waals surface area contributed by atoms with Gasteiger partial charge >= 0.3 is 0 Å². The first-order chi connectivity index (χ1) is 3.77. The van der Waals surface area contributed by atoms with E-state index in [4.69, 9.17) is 0 Å². The molecule has 49 valence electrons. The fourth-order valence-corrected chi connectivity index (χ4v) is 0.729. The molecule has 0 aromatic heterocycles. The summed E-state index contributed by atoms with van der Waals surface area (Å²) in [4.78, 5) is 0. The number of hydrogen-bond acceptors (Lipinski definition) is 0. The standard InChI is InChI=1S/C8H17/c1-4-5-6-7-8(2)3/h8H,1,4-7H2,2-3H3. The van der Waals surface area contributed by atoms with Crippen LogP contribution in [0.3, 0.4) is 0 Å². The summed E-state index contributed by atoms with van der Waals surface area (Å²) in [6, 6.07) is 0. The van der Waals surface area contributed by atoms with Crippen molar-refractivity contribution in [2.45, 2.75) is 39.5 Å². The van der Waals surface area contributed by atoms with Crippen molar-refractivity contribution in [1.82, 2.24) is 0 Å². The lowest BCUT2D eigenvalue weighted by Gasteiger charge is -2.00. The van der Waals surface area contributed by atoms with E-state index in [1.54, 1.807) is 0 Å². The largest absolute Gasteiger partial charge is 0.0628 e. The van der Waals surface area contributed by atoms with Gasteiger partial charge in [-0.1, -0.05) is 46.5 Å². The van der Waals surface area contributed by atoms with Gasteiger partial charge in [0.05, 0.1) is 0 Å². The maximum atomic E-state index is 3.78. The minimum absolute atomic E-state index is 0.876. The Kier molecular flexibility index (Phi) is 5.14. The third-order valence-electron chi connectivity index (χ3n) is 1.28. The number of hydrogen-bond donors (Lipinski definition) is 0. The van der Waals surface area contributed by atoms with E-state index >= 15 is 0 Å². The molecule has 0 nitrogen and oxygen atoms in total. The van der Waals surface area contributed by atoms with Crippen LogP contribution in [0, 0.1) is 12.8 Å². The average molecular weight is 113 g/mol. The van der Waals surface area contributed by atoms with E-state index in [9.17, 15) is 0 Å². The first-order valence-corrected chi connectivity index (χ1v) is 3.56. The maximum Gasteiger partial charge on any atom is -0.0471 e. The molecule has 0 aliphatic carbocycles. The Morgan fingerprint density at radius 1 is 1.25 bits per heavy atom. The summed E-state index contributed by atoms with van der Waals surface area (Å²) in [5.41, 5.74) is 0. The molecule has 0 atom stereocenters. The van der Waals surface area contributed by atoms with E-state index in [-0.39, 0.29) is 0 Å². The second-order valence-electron chi connectivity index (χ2n) is 2.74. The van der Waals surface area contributed by atoms with Gasteiger partial charge in [-0.3, -0.25) is 0 Å². The summed E-state index contributed by atoms with van der Waals surface area (Å²) in [6.45, 7) is 8.32. The molecule has 0 aliphatic rings. The van der Waals surface area contributed by atoms with E-state index in [2.05, 4.69) is 20.8 Å². The molecule has 0 bridgehead atoms. The van der Waals surface area contributed by atoms with Gasteiger partial charge in [0.25, 0.3) is 0 Å². The first kappa shape index (κ1) is 8.00. The molecule has 0 unspecified atom stereocenters. The van der Waals surface area contributed by atoms with Crippen molar-refractivity contribution < 1.29 is 0 Å². The predicted molar refractivity (Wildman–Crippen MR) is 38.7 cm³/mol. The number of unbranched alkanes of at least 4 members (excludes halogenated alkanes) is 2. The summed E-state index contributed by atoms with van der Waals surface area (Å²) >= 11 is 0. The van der Waals surface area contributed by atoms with Gasteiger partial charge in [0.2, 0.25) is 0 Å². The fraction of sp³-hybridized carbons (Fsp3) is 0.875. The van der Waals surface area contributed by atoms with Crippen molar-refractivity contribution in [3.8, 4) is 0 Å². The van der Waals surface area contributed by atoms with Crippen molar-refractivity contribution >= 4 is 0 Å². The van der Waals surface area contributed by atoms with Gasteiger partial charge in [-0.15, -0.1) is 0 Å². The first-order valence-electron chi connectivity index (χ1n) is 3.56. The van der Waals surface area contributed by atoms with Crippen LogP contribution in [0.25, 0.3) is 0 Å². The third-order valence-corrected chi connectivity index (χ3v) is 1.28. The highest BCUT2D eigenvalue weighted by atomic mass is 14.0.